The van der Waals surface area contributed by atoms with Crippen LogP contribution >= 0.6 is 15.9 Å². The molecular formula is C15H13BrFN3. The molecule has 0 fully saturated rings. The number of rotatable bonds is 2. The van der Waals surface area contributed by atoms with Gasteiger partial charge in [-0.05, 0) is 35.9 Å². The Hall–Kier alpha value is -1.72. The molecule has 2 aromatic carbocycles. The SMILES string of the molecule is Cn1c(-c2cc(F)ccc2Br)nc2ccc(CN)cc21. The molecule has 0 aliphatic rings. The topological polar surface area (TPSA) is 43.8 Å². The highest BCUT2D eigenvalue weighted by Crippen LogP contribution is 2.30. The summed E-state index contributed by atoms with van der Waals surface area (Å²) < 4.78 is 16.2. The van der Waals surface area contributed by atoms with Crippen LogP contribution < -0.4 is 5.73 Å². The van der Waals surface area contributed by atoms with E-state index in [0.717, 1.165) is 32.5 Å². The fourth-order valence-corrected chi connectivity index (χ4v) is 2.70. The number of nitrogens with zero attached hydrogens (tertiary/aromatic N) is 2. The van der Waals surface area contributed by atoms with E-state index in [4.69, 9.17) is 5.73 Å². The number of hydrogen-bond acceptors (Lipinski definition) is 2. The highest BCUT2D eigenvalue weighted by atomic mass is 79.9. The van der Waals surface area contributed by atoms with Crippen LogP contribution in [0.5, 0.6) is 0 Å². The predicted molar refractivity (Wildman–Crippen MR) is 81.7 cm³/mol. The highest BCUT2D eigenvalue weighted by molar-refractivity contribution is 9.10. The largest absolute Gasteiger partial charge is 0.327 e. The molecule has 1 heterocycles. The molecule has 0 aliphatic carbocycles. The van der Waals surface area contributed by atoms with Crippen LogP contribution in [0.4, 0.5) is 4.39 Å². The molecule has 5 heteroatoms. The van der Waals surface area contributed by atoms with Crippen molar-refractivity contribution >= 4 is 27.0 Å². The highest BCUT2D eigenvalue weighted by Gasteiger charge is 2.13. The molecule has 0 saturated heterocycles. The molecule has 1 aromatic heterocycles. The van der Waals surface area contributed by atoms with Crippen molar-refractivity contribution in [1.29, 1.82) is 0 Å². The van der Waals surface area contributed by atoms with Crippen LogP contribution in [0.1, 0.15) is 5.56 Å². The third kappa shape index (κ3) is 2.13. The van der Waals surface area contributed by atoms with Gasteiger partial charge in [0.05, 0.1) is 11.0 Å². The minimum absolute atomic E-state index is 0.280. The lowest BCUT2D eigenvalue weighted by Gasteiger charge is -2.05. The summed E-state index contributed by atoms with van der Waals surface area (Å²) in [5, 5.41) is 0. The Bertz CT molecular complexity index is 795. The molecule has 3 rings (SSSR count). The number of aryl methyl sites for hydroxylation is 1. The van der Waals surface area contributed by atoms with Gasteiger partial charge >= 0.3 is 0 Å². The van der Waals surface area contributed by atoms with Crippen molar-refractivity contribution < 1.29 is 4.39 Å². The maximum absolute atomic E-state index is 13.5. The Morgan fingerprint density at radius 3 is 2.80 bits per heavy atom. The van der Waals surface area contributed by atoms with Gasteiger partial charge < -0.3 is 10.3 Å². The van der Waals surface area contributed by atoms with Gasteiger partial charge in [-0.2, -0.15) is 0 Å². The van der Waals surface area contributed by atoms with Crippen molar-refractivity contribution in [2.24, 2.45) is 12.8 Å². The number of fused-ring (bicyclic) bond motifs is 1. The Labute approximate surface area is 124 Å². The molecule has 0 spiro atoms. The third-order valence-corrected chi connectivity index (χ3v) is 4.04. The fourth-order valence-electron chi connectivity index (χ4n) is 2.27. The molecule has 0 aliphatic heterocycles. The molecule has 2 N–H and O–H groups in total. The average Bonchev–Trinajstić information content (AvgIpc) is 2.78. The quantitative estimate of drug-likeness (QED) is 0.778. The van der Waals surface area contributed by atoms with E-state index in [1.165, 1.54) is 12.1 Å². The average molecular weight is 334 g/mol. The standard InChI is InChI=1S/C15H13BrFN3/c1-20-14-6-9(8-18)2-5-13(14)19-15(20)11-7-10(17)3-4-12(11)16/h2-7H,8,18H2,1H3. The minimum Gasteiger partial charge on any atom is -0.327 e. The second-order valence-electron chi connectivity index (χ2n) is 4.65. The summed E-state index contributed by atoms with van der Waals surface area (Å²) in [4.78, 5) is 4.59. The van der Waals surface area contributed by atoms with Gasteiger partial charge in [0.25, 0.3) is 0 Å². The van der Waals surface area contributed by atoms with Crippen LogP contribution in [0.3, 0.4) is 0 Å². The van der Waals surface area contributed by atoms with Crippen molar-refractivity contribution in [2.75, 3.05) is 0 Å². The normalized spacial score (nSPS) is 11.2. The van der Waals surface area contributed by atoms with Crippen LogP contribution in [0, 0.1) is 5.82 Å². The number of nitrogens with two attached hydrogens (primary N) is 1. The zero-order chi connectivity index (χ0) is 14.3. The number of benzene rings is 2. The van der Waals surface area contributed by atoms with E-state index in [-0.39, 0.29) is 5.82 Å². The lowest BCUT2D eigenvalue weighted by molar-refractivity contribution is 0.628. The Morgan fingerprint density at radius 2 is 2.05 bits per heavy atom. The first kappa shape index (κ1) is 13.3. The Kier molecular flexibility index (Phi) is 3.31. The first-order chi connectivity index (χ1) is 9.60. The maximum Gasteiger partial charge on any atom is 0.142 e. The summed E-state index contributed by atoms with van der Waals surface area (Å²) in [6.45, 7) is 0.486. The van der Waals surface area contributed by atoms with Crippen LogP contribution in [0.25, 0.3) is 22.4 Å². The van der Waals surface area contributed by atoms with Crippen molar-refractivity contribution in [3.63, 3.8) is 0 Å². The van der Waals surface area contributed by atoms with Gasteiger partial charge in [-0.25, -0.2) is 9.37 Å². The van der Waals surface area contributed by atoms with E-state index in [2.05, 4.69) is 20.9 Å². The number of aromatic nitrogens is 2. The molecule has 0 bridgehead atoms. The Morgan fingerprint density at radius 1 is 1.25 bits per heavy atom. The van der Waals surface area contributed by atoms with Crippen molar-refractivity contribution in [3.05, 3.63) is 52.3 Å². The van der Waals surface area contributed by atoms with Gasteiger partial charge in [-0.3, -0.25) is 0 Å². The number of halogens is 2. The van der Waals surface area contributed by atoms with Gasteiger partial charge in [0.15, 0.2) is 0 Å². The summed E-state index contributed by atoms with van der Waals surface area (Å²) in [5.74, 6) is 0.443. The van der Waals surface area contributed by atoms with Gasteiger partial charge in [-0.15, -0.1) is 0 Å². The summed E-state index contributed by atoms with van der Waals surface area (Å²) in [6.07, 6.45) is 0. The smallest absolute Gasteiger partial charge is 0.142 e. The first-order valence-electron chi connectivity index (χ1n) is 6.21. The van der Waals surface area contributed by atoms with Gasteiger partial charge in [0.1, 0.15) is 11.6 Å². The van der Waals surface area contributed by atoms with Gasteiger partial charge in [0, 0.05) is 23.6 Å². The summed E-state index contributed by atoms with van der Waals surface area (Å²) in [6, 6.07) is 10.5. The lowest BCUT2D eigenvalue weighted by atomic mass is 10.2. The zero-order valence-corrected chi connectivity index (χ0v) is 12.5. The van der Waals surface area contributed by atoms with E-state index >= 15 is 0 Å². The van der Waals surface area contributed by atoms with Crippen LogP contribution in [-0.2, 0) is 13.6 Å². The van der Waals surface area contributed by atoms with Crippen LogP contribution in [-0.4, -0.2) is 9.55 Å². The van der Waals surface area contributed by atoms with Gasteiger partial charge in [0.2, 0.25) is 0 Å². The van der Waals surface area contributed by atoms with E-state index in [1.807, 2.05) is 29.8 Å². The molecule has 0 radical (unpaired) electrons. The molecule has 0 saturated carbocycles. The predicted octanol–water partition coefficient (Wildman–Crippen LogP) is 3.60. The van der Waals surface area contributed by atoms with E-state index < -0.39 is 0 Å². The Balaban J connectivity index is 2.26. The molecule has 3 nitrogen and oxygen atoms in total. The molecule has 3 aromatic rings. The van der Waals surface area contributed by atoms with Crippen LogP contribution in [0.15, 0.2) is 40.9 Å². The molecular weight excluding hydrogens is 321 g/mol. The van der Waals surface area contributed by atoms with Crippen molar-refractivity contribution in [3.8, 4) is 11.4 Å². The molecule has 0 amide bonds. The number of hydrogen-bond donors (Lipinski definition) is 1. The van der Waals surface area contributed by atoms with E-state index in [1.54, 1.807) is 6.07 Å². The first-order valence-corrected chi connectivity index (χ1v) is 7.00. The summed E-state index contributed by atoms with van der Waals surface area (Å²) >= 11 is 3.45. The molecule has 20 heavy (non-hydrogen) atoms. The molecule has 0 atom stereocenters. The monoisotopic (exact) mass is 333 g/mol. The maximum atomic E-state index is 13.5. The van der Waals surface area contributed by atoms with E-state index in [0.29, 0.717) is 6.54 Å². The second kappa shape index (κ2) is 5.00. The summed E-state index contributed by atoms with van der Waals surface area (Å²) in [5.41, 5.74) is 9.30. The third-order valence-electron chi connectivity index (χ3n) is 3.35. The second-order valence-corrected chi connectivity index (χ2v) is 5.50. The minimum atomic E-state index is -0.280. The molecule has 0 unspecified atom stereocenters. The van der Waals surface area contributed by atoms with Crippen LogP contribution in [0.2, 0.25) is 0 Å². The zero-order valence-electron chi connectivity index (χ0n) is 10.9. The fraction of sp³-hybridized carbons (Fsp3) is 0.133. The molecule has 102 valence electrons. The van der Waals surface area contributed by atoms with Crippen molar-refractivity contribution in [2.45, 2.75) is 6.54 Å². The van der Waals surface area contributed by atoms with E-state index in [9.17, 15) is 4.39 Å². The summed E-state index contributed by atoms with van der Waals surface area (Å²) in [7, 11) is 1.92. The van der Waals surface area contributed by atoms with Crippen molar-refractivity contribution in [1.82, 2.24) is 9.55 Å². The number of imidazole rings is 1. The lowest BCUT2D eigenvalue weighted by Crippen LogP contribution is -1.97. The van der Waals surface area contributed by atoms with Gasteiger partial charge in [-0.1, -0.05) is 22.0 Å².